The summed E-state index contributed by atoms with van der Waals surface area (Å²) in [5, 5.41) is 0. The van der Waals surface area contributed by atoms with E-state index in [-0.39, 0.29) is 47.3 Å². The molecule has 5 rings (SSSR count). The number of anilines is 1. The molecule has 0 aliphatic carbocycles. The lowest BCUT2D eigenvalue weighted by Crippen LogP contribution is -2.44. The maximum absolute atomic E-state index is 14.2. The lowest BCUT2D eigenvalue weighted by Gasteiger charge is -2.33. The lowest BCUT2D eigenvalue weighted by atomic mass is 10.00. The molecule has 2 aromatic heterocycles. The molecule has 1 amide bonds. The number of amides is 1. The third-order valence-corrected chi connectivity index (χ3v) is 8.64. The molecular weight excluding hydrogens is 566 g/mol. The number of aromatic nitrogens is 3. The largest absolute Gasteiger partial charge is 0.481 e. The van der Waals surface area contributed by atoms with Crippen LogP contribution in [-0.4, -0.2) is 53.9 Å². The van der Waals surface area contributed by atoms with Crippen molar-refractivity contribution in [2.45, 2.75) is 51.6 Å². The van der Waals surface area contributed by atoms with E-state index in [0.717, 1.165) is 16.7 Å². The molecule has 0 spiro atoms. The molecule has 0 saturated heterocycles. The number of methoxy groups -OCH3 is 1. The number of pyridine rings is 1. The second-order valence-corrected chi connectivity index (χ2v) is 12.7. The zero-order chi connectivity index (χ0) is 30.7. The number of nitrogens with one attached hydrogen (secondary N) is 1. The summed E-state index contributed by atoms with van der Waals surface area (Å²) in [6, 6.07) is 16.8. The average molecular weight is 602 g/mol. The van der Waals surface area contributed by atoms with Crippen molar-refractivity contribution in [2.75, 3.05) is 18.4 Å². The van der Waals surface area contributed by atoms with Crippen molar-refractivity contribution >= 4 is 21.9 Å². The molecule has 2 aromatic carbocycles. The summed E-state index contributed by atoms with van der Waals surface area (Å²) < 4.78 is 41.4. The fourth-order valence-electron chi connectivity index (χ4n) is 5.32. The highest BCUT2D eigenvalue weighted by Crippen LogP contribution is 2.31. The zero-order valence-corrected chi connectivity index (χ0v) is 25.7. The lowest BCUT2D eigenvalue weighted by molar-refractivity contribution is 0.0551. The molecule has 1 N–H and O–H groups in total. The SMILES string of the molecule is COc1ncccc1CN1C(=O)c2cccc(c2)S(=O)(=O)Nc2nc(cc(-c3c(C)cccc3C)n2)OC[C@H]1CC(C)C. The Labute approximate surface area is 252 Å². The third-order valence-electron chi connectivity index (χ3n) is 7.31. The zero-order valence-electron chi connectivity index (χ0n) is 24.9. The van der Waals surface area contributed by atoms with Crippen molar-refractivity contribution in [1.29, 1.82) is 0 Å². The standard InChI is InChI=1S/C32H35N5O5S/c1-20(2)15-25-19-42-28-17-27(29-21(3)9-6-10-22(29)4)34-32(35-28)36-43(39,40)26-13-7-11-23(16-26)31(38)37(25)18-24-12-8-14-33-30(24)41-5/h6-14,16-17,20,25H,15,18-19H2,1-5H3,(H,34,35,36)/t25-/m1/s1. The van der Waals surface area contributed by atoms with E-state index in [1.54, 1.807) is 35.4 Å². The Kier molecular flexibility index (Phi) is 8.63. The number of aryl methyl sites for hydroxylation is 2. The molecule has 0 unspecified atom stereocenters. The number of benzene rings is 2. The molecule has 11 heteroatoms. The monoisotopic (exact) mass is 601 g/mol. The van der Waals surface area contributed by atoms with E-state index in [2.05, 4.69) is 33.5 Å². The molecule has 4 aromatic rings. The highest BCUT2D eigenvalue weighted by Gasteiger charge is 2.30. The summed E-state index contributed by atoms with van der Waals surface area (Å²) in [6.45, 7) is 8.38. The smallest absolute Gasteiger partial charge is 0.264 e. The van der Waals surface area contributed by atoms with Crippen molar-refractivity contribution in [2.24, 2.45) is 5.92 Å². The van der Waals surface area contributed by atoms with Gasteiger partial charge in [0.1, 0.15) is 6.61 Å². The fraction of sp³-hybridized carbons (Fsp3) is 0.312. The minimum absolute atomic E-state index is 0.0829. The Bertz CT molecular complexity index is 1740. The number of hydrogen-bond acceptors (Lipinski definition) is 8. The van der Waals surface area contributed by atoms with E-state index in [0.29, 0.717) is 23.6 Å². The third kappa shape index (κ3) is 6.61. The molecule has 3 heterocycles. The maximum atomic E-state index is 14.2. The first kappa shape index (κ1) is 30.0. The highest BCUT2D eigenvalue weighted by molar-refractivity contribution is 7.92. The molecule has 0 fully saturated rings. The summed E-state index contributed by atoms with van der Waals surface area (Å²) in [6.07, 6.45) is 2.24. The number of ether oxygens (including phenoxy) is 2. The van der Waals surface area contributed by atoms with E-state index < -0.39 is 16.1 Å². The van der Waals surface area contributed by atoms with Crippen LogP contribution in [0.25, 0.3) is 11.3 Å². The minimum Gasteiger partial charge on any atom is -0.481 e. The van der Waals surface area contributed by atoms with E-state index in [1.165, 1.54) is 19.2 Å². The first-order valence-electron chi connectivity index (χ1n) is 14.1. The van der Waals surface area contributed by atoms with Crippen LogP contribution < -0.4 is 14.2 Å². The molecular formula is C32H35N5O5S. The molecule has 4 bridgehead atoms. The van der Waals surface area contributed by atoms with E-state index >= 15 is 0 Å². The van der Waals surface area contributed by atoms with Crippen LogP contribution in [0.2, 0.25) is 0 Å². The Morgan fingerprint density at radius 1 is 1.05 bits per heavy atom. The van der Waals surface area contributed by atoms with E-state index in [1.807, 2.05) is 38.1 Å². The van der Waals surface area contributed by atoms with Crippen LogP contribution in [0.3, 0.4) is 0 Å². The van der Waals surface area contributed by atoms with Gasteiger partial charge in [-0.3, -0.25) is 4.79 Å². The Morgan fingerprint density at radius 2 is 1.79 bits per heavy atom. The van der Waals surface area contributed by atoms with Crippen molar-refractivity contribution in [3.63, 3.8) is 0 Å². The van der Waals surface area contributed by atoms with Crippen molar-refractivity contribution in [1.82, 2.24) is 19.9 Å². The highest BCUT2D eigenvalue weighted by atomic mass is 32.2. The van der Waals surface area contributed by atoms with Gasteiger partial charge in [-0.25, -0.2) is 23.1 Å². The summed E-state index contributed by atoms with van der Waals surface area (Å²) >= 11 is 0. The normalized spacial score (nSPS) is 16.4. The topological polar surface area (TPSA) is 124 Å². The quantitative estimate of drug-likeness (QED) is 0.311. The van der Waals surface area contributed by atoms with Gasteiger partial charge in [-0.15, -0.1) is 0 Å². The molecule has 43 heavy (non-hydrogen) atoms. The van der Waals surface area contributed by atoms with Crippen LogP contribution in [0, 0.1) is 19.8 Å². The van der Waals surface area contributed by atoms with Gasteiger partial charge < -0.3 is 14.4 Å². The summed E-state index contributed by atoms with van der Waals surface area (Å²) in [5.74, 6) is 0.349. The molecule has 1 aliphatic heterocycles. The molecule has 1 atom stereocenters. The second kappa shape index (κ2) is 12.4. The van der Waals surface area contributed by atoms with Crippen LogP contribution in [0.5, 0.6) is 11.8 Å². The Hall–Kier alpha value is -4.51. The first-order valence-corrected chi connectivity index (χ1v) is 15.5. The minimum atomic E-state index is -4.15. The van der Waals surface area contributed by atoms with Crippen LogP contribution in [0.15, 0.2) is 71.8 Å². The number of fused-ring (bicyclic) bond motifs is 4. The maximum Gasteiger partial charge on any atom is 0.264 e. The van der Waals surface area contributed by atoms with Crippen LogP contribution in [0.4, 0.5) is 5.95 Å². The van der Waals surface area contributed by atoms with Crippen molar-refractivity contribution in [3.05, 3.63) is 89.1 Å². The van der Waals surface area contributed by atoms with Gasteiger partial charge in [0.25, 0.3) is 15.9 Å². The van der Waals surface area contributed by atoms with Crippen LogP contribution in [0.1, 0.15) is 47.3 Å². The van der Waals surface area contributed by atoms with Gasteiger partial charge in [0.05, 0.1) is 30.3 Å². The van der Waals surface area contributed by atoms with Gasteiger partial charge in [0.15, 0.2) is 0 Å². The first-order chi connectivity index (χ1) is 20.6. The number of hydrogen-bond donors (Lipinski definition) is 1. The number of carbonyl (C=O) groups excluding carboxylic acids is 1. The summed E-state index contributed by atoms with van der Waals surface area (Å²) in [4.78, 5) is 29.1. The average Bonchev–Trinajstić information content (AvgIpc) is 2.97. The molecule has 0 saturated carbocycles. The van der Waals surface area contributed by atoms with Gasteiger partial charge in [-0.05, 0) is 61.6 Å². The van der Waals surface area contributed by atoms with Crippen LogP contribution in [-0.2, 0) is 16.6 Å². The van der Waals surface area contributed by atoms with E-state index in [4.69, 9.17) is 9.47 Å². The molecule has 1 aliphatic rings. The number of carbonyl (C=O) groups is 1. The fourth-order valence-corrected chi connectivity index (χ4v) is 6.31. The second-order valence-electron chi connectivity index (χ2n) is 11.0. The Morgan fingerprint density at radius 3 is 2.51 bits per heavy atom. The molecule has 10 nitrogen and oxygen atoms in total. The Balaban J connectivity index is 1.68. The van der Waals surface area contributed by atoms with Gasteiger partial charge in [0.2, 0.25) is 17.7 Å². The van der Waals surface area contributed by atoms with Crippen molar-refractivity contribution < 1.29 is 22.7 Å². The van der Waals surface area contributed by atoms with Gasteiger partial charge >= 0.3 is 0 Å². The number of nitrogens with zero attached hydrogens (tertiary/aromatic N) is 4. The summed E-state index contributed by atoms with van der Waals surface area (Å²) in [7, 11) is -2.62. The predicted octanol–water partition coefficient (Wildman–Crippen LogP) is 5.41. The van der Waals surface area contributed by atoms with Gasteiger partial charge in [-0.2, -0.15) is 4.98 Å². The van der Waals surface area contributed by atoms with E-state index in [9.17, 15) is 13.2 Å². The van der Waals surface area contributed by atoms with Gasteiger partial charge in [0, 0.05) is 29.0 Å². The molecule has 224 valence electrons. The summed E-state index contributed by atoms with van der Waals surface area (Å²) in [5.41, 5.74) is 4.27. The van der Waals surface area contributed by atoms with Crippen LogP contribution >= 0.6 is 0 Å². The number of sulfonamides is 1. The molecule has 0 radical (unpaired) electrons. The number of rotatable bonds is 6. The van der Waals surface area contributed by atoms with Crippen molar-refractivity contribution in [3.8, 4) is 23.0 Å². The predicted molar refractivity (Wildman–Crippen MR) is 164 cm³/mol. The van der Waals surface area contributed by atoms with Gasteiger partial charge in [-0.1, -0.05) is 44.2 Å².